The minimum Gasteiger partial charge on any atom is 0 e. The third kappa shape index (κ3) is 16.9. The molecule has 6 nitrogen and oxygen atoms in total. The first-order valence-electron chi connectivity index (χ1n) is 5.65. The van der Waals surface area contributed by atoms with Gasteiger partial charge in [-0.15, -0.1) is 0 Å². The third-order valence-corrected chi connectivity index (χ3v) is 4.05. The average Bonchev–Trinajstić information content (AvgIpc) is 2.58. The van der Waals surface area contributed by atoms with Crippen molar-refractivity contribution in [1.82, 2.24) is 0 Å². The van der Waals surface area contributed by atoms with Crippen molar-refractivity contribution in [2.45, 2.75) is 24.5 Å². The molecule has 2 atom stereocenters. The van der Waals surface area contributed by atoms with Crippen LogP contribution in [-0.2, 0) is 51.4 Å². The molecule has 1 rings (SSSR count). The van der Waals surface area contributed by atoms with Crippen LogP contribution in [0.15, 0.2) is 24.3 Å². The van der Waals surface area contributed by atoms with E-state index in [1.807, 2.05) is 6.08 Å². The Morgan fingerprint density at radius 2 is 1.68 bits per heavy atom. The summed E-state index contributed by atoms with van der Waals surface area (Å²) in [5.74, 6) is 0.430. The van der Waals surface area contributed by atoms with Crippen LogP contribution in [0.4, 0.5) is 0 Å². The number of rotatable bonds is 3. The monoisotopic (exact) mass is 368 g/mol. The molecule has 0 aliphatic carbocycles. The van der Waals surface area contributed by atoms with Crippen LogP contribution in [0.1, 0.15) is 19.3 Å². The minimum atomic E-state index is -0.731. The SMILES string of the molecule is COC(=O)/C=C/C=C/[C@@H]1CCCC[S@@]1=O.[C-]#[O+].[C-]#[O+].[C-]#[O+].[Fe]. The molecule has 0 bridgehead atoms. The Bertz CT molecular complexity index is 397. The Morgan fingerprint density at radius 3 is 2.14 bits per heavy atom. The first-order chi connectivity index (χ1) is 10.2. The van der Waals surface area contributed by atoms with E-state index in [0.717, 1.165) is 25.0 Å². The number of methoxy groups -OCH3 is 1. The number of hydrogen-bond donors (Lipinski definition) is 0. The molecule has 1 heterocycles. The number of allylic oxidation sites excluding steroid dienone is 2. The van der Waals surface area contributed by atoms with E-state index in [-0.39, 0.29) is 28.3 Å². The van der Waals surface area contributed by atoms with Crippen molar-refractivity contribution < 1.29 is 44.8 Å². The molecular weight excluding hydrogens is 352 g/mol. The summed E-state index contributed by atoms with van der Waals surface area (Å²) >= 11 is 0. The number of carbonyl (C=O) groups excluding carboxylic acids is 1. The van der Waals surface area contributed by atoms with Crippen molar-refractivity contribution in [3.8, 4) is 0 Å². The first kappa shape index (κ1) is 28.9. The van der Waals surface area contributed by atoms with E-state index in [1.165, 1.54) is 13.2 Å². The van der Waals surface area contributed by atoms with Crippen LogP contribution in [0, 0.1) is 20.0 Å². The van der Waals surface area contributed by atoms with Gasteiger partial charge in [0, 0.05) is 39.7 Å². The van der Waals surface area contributed by atoms with E-state index < -0.39 is 10.8 Å². The number of hydrogen-bond acceptors (Lipinski definition) is 3. The molecule has 1 aliphatic rings. The summed E-state index contributed by atoms with van der Waals surface area (Å²) in [6.07, 6.45) is 9.84. The molecular formula is C14H16FeO6S. The number of carbonyl (C=O) groups is 1. The van der Waals surface area contributed by atoms with Gasteiger partial charge in [0.25, 0.3) is 0 Å². The molecule has 122 valence electrons. The Labute approximate surface area is 143 Å². The number of esters is 1. The van der Waals surface area contributed by atoms with Crippen molar-refractivity contribution in [1.29, 1.82) is 0 Å². The van der Waals surface area contributed by atoms with Crippen LogP contribution in [0.3, 0.4) is 0 Å². The van der Waals surface area contributed by atoms with Gasteiger partial charge < -0.3 is 4.74 Å². The molecule has 1 fully saturated rings. The van der Waals surface area contributed by atoms with Crippen LogP contribution >= 0.6 is 0 Å². The molecule has 0 aromatic heterocycles. The summed E-state index contributed by atoms with van der Waals surface area (Å²) in [7, 11) is 0.609. The fourth-order valence-corrected chi connectivity index (χ4v) is 2.93. The van der Waals surface area contributed by atoms with Crippen molar-refractivity contribution in [2.75, 3.05) is 12.9 Å². The van der Waals surface area contributed by atoms with Gasteiger partial charge in [0.2, 0.25) is 0 Å². The van der Waals surface area contributed by atoms with E-state index >= 15 is 0 Å². The second kappa shape index (κ2) is 24.8. The van der Waals surface area contributed by atoms with Gasteiger partial charge in [0.15, 0.2) is 0 Å². The third-order valence-electron chi connectivity index (χ3n) is 2.29. The molecule has 0 N–H and O–H groups in total. The summed E-state index contributed by atoms with van der Waals surface area (Å²) in [5.41, 5.74) is 0. The van der Waals surface area contributed by atoms with E-state index in [2.05, 4.69) is 24.7 Å². The molecule has 1 aliphatic heterocycles. The van der Waals surface area contributed by atoms with Gasteiger partial charge in [0.05, 0.1) is 12.4 Å². The van der Waals surface area contributed by atoms with E-state index in [1.54, 1.807) is 12.2 Å². The summed E-state index contributed by atoms with van der Waals surface area (Å²) in [6, 6.07) is 0. The molecule has 0 saturated carbocycles. The van der Waals surface area contributed by atoms with Gasteiger partial charge in [-0.05, 0) is 12.8 Å². The smallest absolute Gasteiger partial charge is 0 e. The molecule has 0 radical (unpaired) electrons. The zero-order chi connectivity index (χ0) is 17.1. The predicted molar refractivity (Wildman–Crippen MR) is 72.7 cm³/mol. The van der Waals surface area contributed by atoms with Gasteiger partial charge in [0.1, 0.15) is 0 Å². The Kier molecular flexibility index (Phi) is 32.6. The largest absolute Gasteiger partial charge is 0 e. The maximum atomic E-state index is 11.5. The minimum absolute atomic E-state index is 0. The zero-order valence-corrected chi connectivity index (χ0v) is 13.8. The van der Waals surface area contributed by atoms with Crippen molar-refractivity contribution in [3.63, 3.8) is 0 Å². The van der Waals surface area contributed by atoms with Gasteiger partial charge in [-0.25, -0.2) is 4.79 Å². The molecule has 8 heteroatoms. The topological polar surface area (TPSA) is 103 Å². The maximum Gasteiger partial charge on any atom is 0 e. The summed E-state index contributed by atoms with van der Waals surface area (Å²) < 4.78 is 38.5. The quantitative estimate of drug-likeness (QED) is 0.188. The van der Waals surface area contributed by atoms with Gasteiger partial charge in [-0.2, -0.15) is 0 Å². The number of ether oxygens (including phenoxy) is 1. The average molecular weight is 368 g/mol. The molecule has 0 aromatic rings. The predicted octanol–water partition coefficient (Wildman–Crippen LogP) is 1.46. The van der Waals surface area contributed by atoms with E-state index in [0.29, 0.717) is 0 Å². The second-order valence-corrected chi connectivity index (χ2v) is 5.16. The summed E-state index contributed by atoms with van der Waals surface area (Å²) in [6.45, 7) is 13.5. The standard InChI is InChI=1S/C11H16O3S.3CO.Fe/c1-14-11(12)8-3-2-6-10-7-4-5-9-15(10)13;3*1-2;/h2-3,6,8,10H,4-5,7,9H2,1H3;;;;/b6-2+,8-3+;;;;/t10-,15+;;;;/m1..../s1. The Morgan fingerprint density at radius 1 is 1.14 bits per heavy atom. The molecule has 1 saturated heterocycles. The van der Waals surface area contributed by atoms with Crippen molar-refractivity contribution >= 4 is 16.8 Å². The van der Waals surface area contributed by atoms with Crippen LogP contribution in [0.25, 0.3) is 0 Å². The summed E-state index contributed by atoms with van der Waals surface area (Å²) in [4.78, 5) is 10.7. The van der Waals surface area contributed by atoms with Gasteiger partial charge in [-0.3, -0.25) is 4.21 Å². The Balaban J connectivity index is -0.000000206. The van der Waals surface area contributed by atoms with Gasteiger partial charge in [-0.1, -0.05) is 24.6 Å². The molecule has 22 heavy (non-hydrogen) atoms. The van der Waals surface area contributed by atoms with Gasteiger partial charge >= 0.3 is 39.9 Å². The summed E-state index contributed by atoms with van der Waals surface area (Å²) in [5, 5.41) is 0.154. The fourth-order valence-electron chi connectivity index (χ4n) is 1.45. The molecule has 0 aromatic carbocycles. The second-order valence-electron chi connectivity index (χ2n) is 3.39. The van der Waals surface area contributed by atoms with Crippen molar-refractivity contribution in [3.05, 3.63) is 44.3 Å². The maximum absolute atomic E-state index is 11.5. The molecule has 0 spiro atoms. The Hall–Kier alpha value is -1.16. The normalized spacial score (nSPS) is 18.9. The van der Waals surface area contributed by atoms with Crippen molar-refractivity contribution in [2.24, 2.45) is 0 Å². The van der Waals surface area contributed by atoms with E-state index in [9.17, 15) is 9.00 Å². The van der Waals surface area contributed by atoms with Crippen LogP contribution in [0.2, 0.25) is 0 Å². The van der Waals surface area contributed by atoms with Crippen LogP contribution in [0.5, 0.6) is 0 Å². The van der Waals surface area contributed by atoms with E-state index in [4.69, 9.17) is 14.0 Å². The van der Waals surface area contributed by atoms with Crippen LogP contribution < -0.4 is 0 Å². The molecule has 0 unspecified atom stereocenters. The first-order valence-corrected chi connectivity index (χ1v) is 7.03. The van der Waals surface area contributed by atoms with Crippen LogP contribution in [-0.4, -0.2) is 28.3 Å². The zero-order valence-electron chi connectivity index (χ0n) is 11.9. The molecule has 0 amide bonds. The fraction of sp³-hybridized carbons (Fsp3) is 0.429.